The summed E-state index contributed by atoms with van der Waals surface area (Å²) < 4.78 is 5.10. The fourth-order valence-electron chi connectivity index (χ4n) is 1.28. The highest BCUT2D eigenvalue weighted by Gasteiger charge is 2.40. The van der Waals surface area contributed by atoms with Crippen LogP contribution in [-0.4, -0.2) is 35.1 Å². The lowest BCUT2D eigenvalue weighted by Gasteiger charge is -2.09. The lowest BCUT2D eigenvalue weighted by atomic mass is 9.99. The Bertz CT molecular complexity index is 177. The summed E-state index contributed by atoms with van der Waals surface area (Å²) in [5, 5.41) is 26.5. The third kappa shape index (κ3) is 1.36. The molecule has 1 aliphatic heterocycles. The molecule has 0 radical (unpaired) electrons. The van der Waals surface area contributed by atoms with E-state index in [0.717, 1.165) is 0 Å². The summed E-state index contributed by atoms with van der Waals surface area (Å²) in [6.07, 6.45) is -1.72. The van der Waals surface area contributed by atoms with Crippen molar-refractivity contribution in [2.45, 2.75) is 25.2 Å². The summed E-state index contributed by atoms with van der Waals surface area (Å²) in [5.74, 6) is -0.507. The number of hydrogen-bond donors (Lipinski definition) is 2. The van der Waals surface area contributed by atoms with Gasteiger partial charge >= 0.3 is 0 Å². The predicted molar refractivity (Wildman–Crippen MR) is 36.5 cm³/mol. The van der Waals surface area contributed by atoms with E-state index in [9.17, 15) is 5.11 Å². The number of ether oxygens (including phenoxy) is 1. The smallest absolute Gasteiger partial charge is 0.108 e. The molecule has 1 heterocycles. The Balaban J connectivity index is 2.64. The number of hydrogen-bond acceptors (Lipinski definition) is 4. The molecule has 1 rings (SSSR count). The van der Waals surface area contributed by atoms with Gasteiger partial charge in [0, 0.05) is 0 Å². The van der Waals surface area contributed by atoms with Crippen LogP contribution in [0.2, 0.25) is 0 Å². The van der Waals surface area contributed by atoms with Crippen LogP contribution < -0.4 is 0 Å². The Morgan fingerprint density at radius 2 is 2.27 bits per heavy atom. The van der Waals surface area contributed by atoms with Gasteiger partial charge in [0.15, 0.2) is 0 Å². The molecular weight excluding hydrogens is 146 g/mol. The van der Waals surface area contributed by atoms with Crippen molar-refractivity contribution in [2.24, 2.45) is 5.92 Å². The summed E-state index contributed by atoms with van der Waals surface area (Å²) in [5.41, 5.74) is 0. The molecule has 1 saturated heterocycles. The van der Waals surface area contributed by atoms with Crippen molar-refractivity contribution in [2.75, 3.05) is 6.61 Å². The van der Waals surface area contributed by atoms with Crippen molar-refractivity contribution in [3.05, 3.63) is 0 Å². The average molecular weight is 157 g/mol. The topological polar surface area (TPSA) is 73.5 Å². The maximum absolute atomic E-state index is 9.31. The molecule has 11 heavy (non-hydrogen) atoms. The fourth-order valence-corrected chi connectivity index (χ4v) is 1.28. The van der Waals surface area contributed by atoms with E-state index in [2.05, 4.69) is 0 Å². The molecule has 1 aliphatic rings. The third-order valence-corrected chi connectivity index (χ3v) is 1.97. The molecule has 4 nitrogen and oxygen atoms in total. The van der Waals surface area contributed by atoms with Gasteiger partial charge in [0.25, 0.3) is 0 Å². The normalized spacial score (nSPS) is 43.8. The first-order valence-electron chi connectivity index (χ1n) is 3.54. The molecule has 0 spiro atoms. The lowest BCUT2D eigenvalue weighted by Crippen LogP contribution is -2.28. The molecule has 0 aromatic rings. The summed E-state index contributed by atoms with van der Waals surface area (Å²) >= 11 is 0. The van der Waals surface area contributed by atoms with Crippen LogP contribution in [0.1, 0.15) is 6.92 Å². The van der Waals surface area contributed by atoms with Crippen LogP contribution in [0.3, 0.4) is 0 Å². The minimum absolute atomic E-state index is 0.232. The molecule has 0 aromatic carbocycles. The van der Waals surface area contributed by atoms with Gasteiger partial charge in [-0.05, 0) is 6.92 Å². The number of aliphatic hydroxyl groups is 2. The highest BCUT2D eigenvalue weighted by molar-refractivity contribution is 5.00. The average Bonchev–Trinajstić information content (AvgIpc) is 2.26. The molecule has 0 unspecified atom stereocenters. The monoisotopic (exact) mass is 157 g/mol. The molecule has 4 heteroatoms. The predicted octanol–water partition coefficient (Wildman–Crippen LogP) is -0.733. The minimum atomic E-state index is -0.847. The van der Waals surface area contributed by atoms with Crippen molar-refractivity contribution in [1.82, 2.24) is 0 Å². The highest BCUT2D eigenvalue weighted by atomic mass is 16.5. The standard InChI is InChI=1S/C7H11NO3/c1-4-5(2-8)7(10)6(3-9)11-4/h4-7,9-10H,3H2,1H3/t4-,5+,6+,7-/m0/s1. The molecule has 62 valence electrons. The van der Waals surface area contributed by atoms with Gasteiger partial charge in [-0.3, -0.25) is 0 Å². The van der Waals surface area contributed by atoms with Crippen molar-refractivity contribution in [1.29, 1.82) is 5.26 Å². The second-order valence-corrected chi connectivity index (χ2v) is 2.71. The van der Waals surface area contributed by atoms with Crippen LogP contribution in [0.15, 0.2) is 0 Å². The maximum Gasteiger partial charge on any atom is 0.108 e. The van der Waals surface area contributed by atoms with Crippen molar-refractivity contribution < 1.29 is 14.9 Å². The van der Waals surface area contributed by atoms with Gasteiger partial charge in [-0.25, -0.2) is 0 Å². The van der Waals surface area contributed by atoms with Crippen molar-refractivity contribution in [3.8, 4) is 6.07 Å². The molecule has 1 fully saturated rings. The van der Waals surface area contributed by atoms with E-state index in [4.69, 9.17) is 15.1 Å². The van der Waals surface area contributed by atoms with Crippen LogP contribution in [0.25, 0.3) is 0 Å². The molecule has 4 atom stereocenters. The van der Waals surface area contributed by atoms with E-state index >= 15 is 0 Å². The van der Waals surface area contributed by atoms with Crippen molar-refractivity contribution in [3.63, 3.8) is 0 Å². The maximum atomic E-state index is 9.31. The molecular formula is C7H11NO3. The highest BCUT2D eigenvalue weighted by Crippen LogP contribution is 2.25. The third-order valence-electron chi connectivity index (χ3n) is 1.97. The van der Waals surface area contributed by atoms with Gasteiger partial charge in [0.1, 0.15) is 18.1 Å². The molecule has 0 aromatic heterocycles. The second kappa shape index (κ2) is 3.18. The number of rotatable bonds is 1. The van der Waals surface area contributed by atoms with Gasteiger partial charge in [-0.15, -0.1) is 0 Å². The Kier molecular flexibility index (Phi) is 2.45. The quantitative estimate of drug-likeness (QED) is 0.526. The Hall–Kier alpha value is -0.630. The summed E-state index contributed by atoms with van der Waals surface area (Å²) in [4.78, 5) is 0. The van der Waals surface area contributed by atoms with Gasteiger partial charge in [0.05, 0.1) is 18.8 Å². The Morgan fingerprint density at radius 3 is 2.55 bits per heavy atom. The zero-order valence-corrected chi connectivity index (χ0v) is 6.27. The zero-order valence-electron chi connectivity index (χ0n) is 6.27. The molecule has 0 aliphatic carbocycles. The Labute approximate surface area is 65.0 Å². The zero-order chi connectivity index (χ0) is 8.43. The van der Waals surface area contributed by atoms with Crippen LogP contribution >= 0.6 is 0 Å². The van der Waals surface area contributed by atoms with Crippen LogP contribution in [-0.2, 0) is 4.74 Å². The first-order valence-corrected chi connectivity index (χ1v) is 3.54. The fraction of sp³-hybridized carbons (Fsp3) is 0.857. The van der Waals surface area contributed by atoms with E-state index in [1.807, 2.05) is 6.07 Å². The number of nitriles is 1. The first-order chi connectivity index (χ1) is 5.20. The van der Waals surface area contributed by atoms with E-state index in [-0.39, 0.29) is 12.7 Å². The molecule has 2 N–H and O–H groups in total. The number of nitrogens with zero attached hydrogens (tertiary/aromatic N) is 1. The van der Waals surface area contributed by atoms with Gasteiger partial charge in [0.2, 0.25) is 0 Å². The van der Waals surface area contributed by atoms with Gasteiger partial charge in [-0.2, -0.15) is 5.26 Å². The largest absolute Gasteiger partial charge is 0.394 e. The lowest BCUT2D eigenvalue weighted by molar-refractivity contribution is -0.0170. The summed E-state index contributed by atoms with van der Waals surface area (Å²) in [7, 11) is 0. The summed E-state index contributed by atoms with van der Waals surface area (Å²) in [6, 6.07) is 1.94. The van der Waals surface area contributed by atoms with E-state index in [1.54, 1.807) is 6.92 Å². The van der Waals surface area contributed by atoms with E-state index in [1.165, 1.54) is 0 Å². The van der Waals surface area contributed by atoms with Crippen molar-refractivity contribution >= 4 is 0 Å². The van der Waals surface area contributed by atoms with Crippen LogP contribution in [0, 0.1) is 17.2 Å². The van der Waals surface area contributed by atoms with E-state index < -0.39 is 18.1 Å². The summed E-state index contributed by atoms with van der Waals surface area (Å²) in [6.45, 7) is 1.48. The van der Waals surface area contributed by atoms with Crippen LogP contribution in [0.4, 0.5) is 0 Å². The van der Waals surface area contributed by atoms with Crippen LogP contribution in [0.5, 0.6) is 0 Å². The molecule has 0 amide bonds. The molecule has 0 bridgehead atoms. The number of aliphatic hydroxyl groups excluding tert-OH is 2. The first kappa shape index (κ1) is 8.47. The van der Waals surface area contributed by atoms with E-state index in [0.29, 0.717) is 0 Å². The second-order valence-electron chi connectivity index (χ2n) is 2.71. The van der Waals surface area contributed by atoms with Gasteiger partial charge < -0.3 is 14.9 Å². The minimum Gasteiger partial charge on any atom is -0.394 e. The SMILES string of the molecule is C[C@@H]1O[C@H](CO)[C@@H](O)[C@@H]1C#N. The Morgan fingerprint density at radius 1 is 1.64 bits per heavy atom. The molecule has 0 saturated carbocycles. The van der Waals surface area contributed by atoms with Gasteiger partial charge in [-0.1, -0.05) is 0 Å².